The van der Waals surface area contributed by atoms with Crippen LogP contribution in [0.25, 0.3) is 0 Å². The van der Waals surface area contributed by atoms with Crippen molar-refractivity contribution in [2.75, 3.05) is 18.7 Å². The summed E-state index contributed by atoms with van der Waals surface area (Å²) in [5, 5.41) is 13.5. The number of benzene rings is 1. The highest BCUT2D eigenvalue weighted by Crippen LogP contribution is 2.34. The van der Waals surface area contributed by atoms with Gasteiger partial charge in [-0.05, 0) is 18.4 Å². The molecule has 0 aliphatic rings. The number of anilines is 2. The maximum absolute atomic E-state index is 9.35. The molecule has 0 saturated carbocycles. The quantitative estimate of drug-likeness (QED) is 0.653. The minimum atomic E-state index is -0.154. The predicted molar refractivity (Wildman–Crippen MR) is 81.0 cm³/mol. The molecule has 20 heavy (non-hydrogen) atoms. The van der Waals surface area contributed by atoms with E-state index in [4.69, 9.17) is 16.3 Å². The number of rotatable bonds is 5. The van der Waals surface area contributed by atoms with Crippen LogP contribution in [0.4, 0.5) is 11.5 Å². The first-order chi connectivity index (χ1) is 9.69. The smallest absolute Gasteiger partial charge is 0.189 e. The number of nitrogens with one attached hydrogen (secondary N) is 1. The third-order valence-electron chi connectivity index (χ3n) is 2.63. The molecule has 1 aromatic carbocycles. The first kappa shape index (κ1) is 14.9. The summed E-state index contributed by atoms with van der Waals surface area (Å²) in [6.07, 6.45) is 3.48. The van der Waals surface area contributed by atoms with E-state index in [1.807, 2.05) is 18.4 Å². The SMILES string of the molecule is COc1cccc(Nc2nc(SC)ncc2CO)c1Cl. The van der Waals surface area contributed by atoms with Gasteiger partial charge in [-0.1, -0.05) is 29.4 Å². The first-order valence-corrected chi connectivity index (χ1v) is 7.40. The largest absolute Gasteiger partial charge is 0.495 e. The molecule has 0 radical (unpaired) electrons. The van der Waals surface area contributed by atoms with E-state index >= 15 is 0 Å². The van der Waals surface area contributed by atoms with Crippen molar-refractivity contribution in [2.45, 2.75) is 11.8 Å². The Bertz CT molecular complexity index is 610. The van der Waals surface area contributed by atoms with Crippen LogP contribution in [0.3, 0.4) is 0 Å². The lowest BCUT2D eigenvalue weighted by Gasteiger charge is -2.13. The number of methoxy groups -OCH3 is 1. The van der Waals surface area contributed by atoms with Crippen LogP contribution >= 0.6 is 23.4 Å². The van der Waals surface area contributed by atoms with Crippen LogP contribution < -0.4 is 10.1 Å². The van der Waals surface area contributed by atoms with Gasteiger partial charge in [0.2, 0.25) is 0 Å². The van der Waals surface area contributed by atoms with Crippen molar-refractivity contribution < 1.29 is 9.84 Å². The van der Waals surface area contributed by atoms with Gasteiger partial charge in [-0.15, -0.1) is 0 Å². The van der Waals surface area contributed by atoms with Crippen molar-refractivity contribution in [1.29, 1.82) is 0 Å². The molecule has 2 N–H and O–H groups in total. The van der Waals surface area contributed by atoms with Crippen LogP contribution in [-0.4, -0.2) is 28.4 Å². The van der Waals surface area contributed by atoms with E-state index in [-0.39, 0.29) is 6.61 Å². The second-order valence-corrected chi connectivity index (χ2v) is 4.99. The molecular weight excluding hydrogens is 298 g/mol. The average molecular weight is 312 g/mol. The van der Waals surface area contributed by atoms with Gasteiger partial charge in [-0.3, -0.25) is 0 Å². The number of aliphatic hydroxyl groups is 1. The molecule has 1 heterocycles. The van der Waals surface area contributed by atoms with Crippen LogP contribution in [0.15, 0.2) is 29.6 Å². The number of thioether (sulfide) groups is 1. The minimum absolute atomic E-state index is 0.154. The van der Waals surface area contributed by atoms with E-state index in [9.17, 15) is 5.11 Å². The lowest BCUT2D eigenvalue weighted by molar-refractivity contribution is 0.281. The monoisotopic (exact) mass is 311 g/mol. The van der Waals surface area contributed by atoms with Gasteiger partial charge in [0.15, 0.2) is 5.16 Å². The zero-order chi connectivity index (χ0) is 14.5. The van der Waals surface area contributed by atoms with Crippen LogP contribution in [0.2, 0.25) is 5.02 Å². The summed E-state index contributed by atoms with van der Waals surface area (Å²) >= 11 is 7.65. The molecular formula is C13H14ClN3O2S. The molecule has 0 fully saturated rings. The maximum Gasteiger partial charge on any atom is 0.189 e. The van der Waals surface area contributed by atoms with Gasteiger partial charge in [0.25, 0.3) is 0 Å². The fourth-order valence-electron chi connectivity index (χ4n) is 1.61. The summed E-state index contributed by atoms with van der Waals surface area (Å²) in [7, 11) is 1.56. The standard InChI is InChI=1S/C13H14ClN3O2S/c1-19-10-5-3-4-9(11(10)14)16-12-8(7-18)6-15-13(17-12)20-2/h3-6,18H,7H2,1-2H3,(H,15,16,17). The second kappa shape index (κ2) is 6.78. The van der Waals surface area contributed by atoms with E-state index in [2.05, 4.69) is 15.3 Å². The summed E-state index contributed by atoms with van der Waals surface area (Å²) in [5.74, 6) is 1.10. The van der Waals surface area contributed by atoms with E-state index in [1.54, 1.807) is 19.4 Å². The average Bonchev–Trinajstić information content (AvgIpc) is 2.49. The highest BCUT2D eigenvalue weighted by Gasteiger charge is 2.11. The van der Waals surface area contributed by atoms with E-state index in [0.29, 0.717) is 33.0 Å². The molecule has 2 aromatic rings. The number of aromatic nitrogens is 2. The van der Waals surface area contributed by atoms with Crippen molar-refractivity contribution in [1.82, 2.24) is 9.97 Å². The van der Waals surface area contributed by atoms with Crippen LogP contribution in [0.1, 0.15) is 5.56 Å². The molecule has 0 atom stereocenters. The zero-order valence-corrected chi connectivity index (χ0v) is 12.6. The van der Waals surface area contributed by atoms with E-state index in [1.165, 1.54) is 11.8 Å². The Balaban J connectivity index is 2.38. The Kier molecular flexibility index (Phi) is 5.05. The van der Waals surface area contributed by atoms with Crippen LogP contribution in [0.5, 0.6) is 5.75 Å². The summed E-state index contributed by atoms with van der Waals surface area (Å²) in [4.78, 5) is 8.46. The lowest BCUT2D eigenvalue weighted by Crippen LogP contribution is -2.02. The number of aliphatic hydroxyl groups excluding tert-OH is 1. The third-order valence-corrected chi connectivity index (χ3v) is 3.58. The summed E-state index contributed by atoms with van der Waals surface area (Å²) in [6, 6.07) is 5.41. The Morgan fingerprint density at radius 1 is 1.45 bits per heavy atom. The highest BCUT2D eigenvalue weighted by atomic mass is 35.5. The number of ether oxygens (including phenoxy) is 1. The fourth-order valence-corrected chi connectivity index (χ4v) is 2.20. The summed E-state index contributed by atoms with van der Waals surface area (Å²) < 4.78 is 5.17. The molecule has 7 heteroatoms. The Labute approximate surface area is 126 Å². The minimum Gasteiger partial charge on any atom is -0.495 e. The topological polar surface area (TPSA) is 67.3 Å². The van der Waals surface area contributed by atoms with Gasteiger partial charge in [-0.25, -0.2) is 9.97 Å². The molecule has 106 valence electrons. The van der Waals surface area contributed by atoms with Gasteiger partial charge in [0, 0.05) is 11.8 Å². The van der Waals surface area contributed by atoms with Gasteiger partial charge in [0.05, 0.1) is 19.4 Å². The molecule has 0 spiro atoms. The molecule has 5 nitrogen and oxygen atoms in total. The second-order valence-electron chi connectivity index (χ2n) is 3.84. The Morgan fingerprint density at radius 2 is 2.25 bits per heavy atom. The molecule has 1 aromatic heterocycles. The third kappa shape index (κ3) is 3.15. The molecule has 0 saturated heterocycles. The van der Waals surface area contributed by atoms with Gasteiger partial charge in [0.1, 0.15) is 16.6 Å². The van der Waals surface area contributed by atoms with E-state index < -0.39 is 0 Å². The summed E-state index contributed by atoms with van der Waals surface area (Å²) in [6.45, 7) is -0.154. The highest BCUT2D eigenvalue weighted by molar-refractivity contribution is 7.98. The molecule has 0 bridgehead atoms. The van der Waals surface area contributed by atoms with Crippen LogP contribution in [-0.2, 0) is 6.61 Å². The van der Waals surface area contributed by atoms with Crippen molar-refractivity contribution >= 4 is 34.9 Å². The van der Waals surface area contributed by atoms with E-state index in [0.717, 1.165) is 0 Å². The van der Waals surface area contributed by atoms with Gasteiger partial charge >= 0.3 is 0 Å². The molecule has 0 unspecified atom stereocenters. The lowest BCUT2D eigenvalue weighted by atomic mass is 10.2. The fraction of sp³-hybridized carbons (Fsp3) is 0.231. The van der Waals surface area contributed by atoms with Crippen molar-refractivity contribution in [3.63, 3.8) is 0 Å². The number of halogens is 1. The van der Waals surface area contributed by atoms with Crippen LogP contribution in [0, 0.1) is 0 Å². The Morgan fingerprint density at radius 3 is 2.90 bits per heavy atom. The van der Waals surface area contributed by atoms with Gasteiger partial charge in [-0.2, -0.15) is 0 Å². The van der Waals surface area contributed by atoms with Gasteiger partial charge < -0.3 is 15.2 Å². The molecule has 0 amide bonds. The molecule has 2 rings (SSSR count). The molecule has 0 aliphatic carbocycles. The molecule has 0 aliphatic heterocycles. The number of nitrogens with zero attached hydrogens (tertiary/aromatic N) is 2. The first-order valence-electron chi connectivity index (χ1n) is 5.80. The van der Waals surface area contributed by atoms with Crippen molar-refractivity contribution in [2.24, 2.45) is 0 Å². The van der Waals surface area contributed by atoms with Crippen molar-refractivity contribution in [3.05, 3.63) is 35.0 Å². The normalized spacial score (nSPS) is 10.4. The maximum atomic E-state index is 9.35. The van der Waals surface area contributed by atoms with Crippen molar-refractivity contribution in [3.8, 4) is 5.75 Å². The number of hydrogen-bond acceptors (Lipinski definition) is 6. The zero-order valence-electron chi connectivity index (χ0n) is 11.1. The number of hydrogen-bond donors (Lipinski definition) is 2. The predicted octanol–water partition coefficient (Wildman–Crippen LogP) is 3.10. The Hall–Kier alpha value is -1.50. The summed E-state index contributed by atoms with van der Waals surface area (Å²) in [5.41, 5.74) is 1.26.